The van der Waals surface area contributed by atoms with Gasteiger partial charge in [0.15, 0.2) is 0 Å². The number of hydrogen-bond acceptors (Lipinski definition) is 3. The van der Waals surface area contributed by atoms with Crippen molar-refractivity contribution in [2.24, 2.45) is 5.73 Å². The van der Waals surface area contributed by atoms with Crippen molar-refractivity contribution in [3.8, 4) is 5.75 Å². The van der Waals surface area contributed by atoms with Crippen molar-refractivity contribution < 1.29 is 9.90 Å². The van der Waals surface area contributed by atoms with Gasteiger partial charge in [0.05, 0.1) is 6.54 Å². The average Bonchev–Trinajstić information content (AvgIpc) is 2.31. The summed E-state index contributed by atoms with van der Waals surface area (Å²) in [5.41, 5.74) is 6.89. The Labute approximate surface area is 122 Å². The maximum atomic E-state index is 11.1. The number of halogens is 1. The first-order chi connectivity index (χ1) is 8.93. The topological polar surface area (TPSA) is 66.6 Å². The van der Waals surface area contributed by atoms with Crippen LogP contribution in [0.4, 0.5) is 0 Å². The molecule has 0 aliphatic carbocycles. The van der Waals surface area contributed by atoms with Gasteiger partial charge in [-0.05, 0) is 37.6 Å². The smallest absolute Gasteiger partial charge is 0.231 e. The Bertz CT molecular complexity index is 449. The Morgan fingerprint density at radius 3 is 2.74 bits per heavy atom. The second-order valence-electron chi connectivity index (χ2n) is 4.76. The molecule has 1 amide bonds. The van der Waals surface area contributed by atoms with Crippen LogP contribution in [0.5, 0.6) is 5.75 Å². The first-order valence-electron chi connectivity index (χ1n) is 6.42. The molecule has 0 spiro atoms. The van der Waals surface area contributed by atoms with E-state index in [1.54, 1.807) is 0 Å². The number of aromatic hydroxyl groups is 1. The second-order valence-corrected chi connectivity index (χ2v) is 5.68. The van der Waals surface area contributed by atoms with Crippen molar-refractivity contribution in [1.29, 1.82) is 0 Å². The van der Waals surface area contributed by atoms with Crippen molar-refractivity contribution in [1.82, 2.24) is 4.90 Å². The quantitative estimate of drug-likeness (QED) is 0.808. The van der Waals surface area contributed by atoms with Gasteiger partial charge < -0.3 is 10.8 Å². The lowest BCUT2D eigenvalue weighted by Gasteiger charge is -2.21. The minimum atomic E-state index is -0.345. The fraction of sp³-hybridized carbons (Fsp3) is 0.500. The molecule has 0 atom stereocenters. The molecular formula is C14H21BrN2O2. The van der Waals surface area contributed by atoms with Gasteiger partial charge in [0.1, 0.15) is 5.75 Å². The molecule has 0 aliphatic heterocycles. The molecule has 0 aliphatic rings. The second kappa shape index (κ2) is 7.50. The van der Waals surface area contributed by atoms with E-state index in [0.717, 1.165) is 35.0 Å². The monoisotopic (exact) mass is 328 g/mol. The lowest BCUT2D eigenvalue weighted by Crippen LogP contribution is -2.34. The van der Waals surface area contributed by atoms with Gasteiger partial charge >= 0.3 is 0 Å². The van der Waals surface area contributed by atoms with E-state index in [0.29, 0.717) is 6.54 Å². The van der Waals surface area contributed by atoms with Crippen molar-refractivity contribution in [2.75, 3.05) is 13.1 Å². The molecule has 5 heteroatoms. The summed E-state index contributed by atoms with van der Waals surface area (Å²) in [6, 6.07) is 3.74. The summed E-state index contributed by atoms with van der Waals surface area (Å²) < 4.78 is 0.923. The predicted molar refractivity (Wildman–Crippen MR) is 79.9 cm³/mol. The lowest BCUT2D eigenvalue weighted by molar-refractivity contribution is -0.119. The highest BCUT2D eigenvalue weighted by Crippen LogP contribution is 2.27. The standard InChI is InChI=1S/C14H21BrN2O2/c1-3-4-5-17(9-13(16)18)8-11-7-12(15)6-10(2)14(11)19/h6-7,19H,3-5,8-9H2,1-2H3,(H2,16,18). The van der Waals surface area contributed by atoms with Crippen LogP contribution in [-0.4, -0.2) is 29.0 Å². The lowest BCUT2D eigenvalue weighted by atomic mass is 10.1. The van der Waals surface area contributed by atoms with Crippen LogP contribution in [0.15, 0.2) is 16.6 Å². The van der Waals surface area contributed by atoms with Crippen molar-refractivity contribution in [3.05, 3.63) is 27.7 Å². The largest absolute Gasteiger partial charge is 0.507 e. The number of amides is 1. The maximum Gasteiger partial charge on any atom is 0.231 e. The molecule has 0 unspecified atom stereocenters. The molecule has 0 saturated carbocycles. The van der Waals surface area contributed by atoms with Crippen molar-refractivity contribution in [3.63, 3.8) is 0 Å². The third kappa shape index (κ3) is 5.20. The zero-order valence-electron chi connectivity index (χ0n) is 11.4. The molecular weight excluding hydrogens is 308 g/mol. The van der Waals surface area contributed by atoms with Crippen molar-refractivity contribution in [2.45, 2.75) is 33.2 Å². The van der Waals surface area contributed by atoms with E-state index in [4.69, 9.17) is 5.73 Å². The van der Waals surface area contributed by atoms with E-state index in [-0.39, 0.29) is 18.2 Å². The number of hydrogen-bond donors (Lipinski definition) is 2. The molecule has 1 rings (SSSR count). The van der Waals surface area contributed by atoms with Gasteiger partial charge in [-0.25, -0.2) is 0 Å². The van der Waals surface area contributed by atoms with Crippen LogP contribution < -0.4 is 5.73 Å². The summed E-state index contributed by atoms with van der Waals surface area (Å²) in [5, 5.41) is 10.1. The number of carbonyl (C=O) groups is 1. The van der Waals surface area contributed by atoms with Gasteiger partial charge in [-0.1, -0.05) is 29.3 Å². The number of rotatable bonds is 7. The summed E-state index contributed by atoms with van der Waals surface area (Å²) in [7, 11) is 0. The van der Waals surface area contributed by atoms with Gasteiger partial charge in [0.25, 0.3) is 0 Å². The number of aryl methyl sites for hydroxylation is 1. The number of nitrogens with two attached hydrogens (primary N) is 1. The van der Waals surface area contributed by atoms with Crippen LogP contribution in [-0.2, 0) is 11.3 Å². The molecule has 0 fully saturated rings. The van der Waals surface area contributed by atoms with E-state index in [1.165, 1.54) is 0 Å². The molecule has 0 radical (unpaired) electrons. The van der Waals surface area contributed by atoms with E-state index in [2.05, 4.69) is 22.9 Å². The Morgan fingerprint density at radius 1 is 1.47 bits per heavy atom. The number of benzene rings is 1. The summed E-state index contributed by atoms with van der Waals surface area (Å²) in [4.78, 5) is 13.1. The number of nitrogens with zero attached hydrogens (tertiary/aromatic N) is 1. The highest BCUT2D eigenvalue weighted by molar-refractivity contribution is 9.10. The summed E-state index contributed by atoms with van der Waals surface area (Å²) in [6.07, 6.45) is 2.06. The molecule has 0 heterocycles. The third-order valence-corrected chi connectivity index (χ3v) is 3.40. The molecule has 1 aromatic rings. The molecule has 3 N–H and O–H groups in total. The van der Waals surface area contributed by atoms with Gasteiger partial charge in [0.2, 0.25) is 5.91 Å². The summed E-state index contributed by atoms with van der Waals surface area (Å²) in [5.74, 6) is -0.0588. The zero-order chi connectivity index (χ0) is 14.4. The zero-order valence-corrected chi connectivity index (χ0v) is 13.0. The van der Waals surface area contributed by atoms with Crippen LogP contribution in [0.25, 0.3) is 0 Å². The van der Waals surface area contributed by atoms with E-state index >= 15 is 0 Å². The Kier molecular flexibility index (Phi) is 6.31. The van der Waals surface area contributed by atoms with Gasteiger partial charge in [-0.15, -0.1) is 0 Å². The Balaban J connectivity index is 2.85. The van der Waals surface area contributed by atoms with Crippen LogP contribution in [0, 0.1) is 6.92 Å². The number of carbonyl (C=O) groups excluding carboxylic acids is 1. The highest BCUT2D eigenvalue weighted by Gasteiger charge is 2.13. The molecule has 4 nitrogen and oxygen atoms in total. The normalized spacial score (nSPS) is 10.9. The SMILES string of the molecule is CCCCN(CC(N)=O)Cc1cc(Br)cc(C)c1O. The number of phenols is 1. The average molecular weight is 329 g/mol. The van der Waals surface area contributed by atoms with E-state index in [9.17, 15) is 9.90 Å². The Hall–Kier alpha value is -1.07. The molecule has 19 heavy (non-hydrogen) atoms. The molecule has 106 valence electrons. The van der Waals surface area contributed by atoms with Gasteiger partial charge in [-0.3, -0.25) is 9.69 Å². The fourth-order valence-corrected chi connectivity index (χ4v) is 2.60. The molecule has 1 aromatic carbocycles. The number of unbranched alkanes of at least 4 members (excludes halogenated alkanes) is 1. The summed E-state index contributed by atoms with van der Waals surface area (Å²) >= 11 is 3.42. The number of phenolic OH excluding ortho intramolecular Hbond substituents is 1. The van der Waals surface area contributed by atoms with Crippen LogP contribution in [0.3, 0.4) is 0 Å². The maximum absolute atomic E-state index is 11.1. The van der Waals surface area contributed by atoms with Crippen LogP contribution in [0.1, 0.15) is 30.9 Å². The number of primary amides is 1. The van der Waals surface area contributed by atoms with Gasteiger partial charge in [-0.2, -0.15) is 0 Å². The van der Waals surface area contributed by atoms with Crippen molar-refractivity contribution >= 4 is 21.8 Å². The minimum absolute atomic E-state index is 0.213. The fourth-order valence-electron chi connectivity index (χ4n) is 1.98. The van der Waals surface area contributed by atoms with Crippen LogP contribution in [0.2, 0.25) is 0 Å². The predicted octanol–water partition coefficient (Wildman–Crippen LogP) is 2.55. The van der Waals surface area contributed by atoms with E-state index in [1.807, 2.05) is 24.0 Å². The minimum Gasteiger partial charge on any atom is -0.507 e. The van der Waals surface area contributed by atoms with Crippen LogP contribution >= 0.6 is 15.9 Å². The molecule has 0 saturated heterocycles. The first kappa shape index (κ1) is 16.0. The summed E-state index contributed by atoms with van der Waals surface area (Å²) in [6.45, 7) is 5.49. The Morgan fingerprint density at radius 2 is 2.16 bits per heavy atom. The first-order valence-corrected chi connectivity index (χ1v) is 7.22. The molecule has 0 aromatic heterocycles. The van der Waals surface area contributed by atoms with Gasteiger partial charge in [0, 0.05) is 16.6 Å². The van der Waals surface area contributed by atoms with E-state index < -0.39 is 0 Å². The molecule has 0 bridgehead atoms. The third-order valence-electron chi connectivity index (χ3n) is 2.95. The highest BCUT2D eigenvalue weighted by atomic mass is 79.9.